The fourth-order valence-corrected chi connectivity index (χ4v) is 3.04. The van der Waals surface area contributed by atoms with E-state index in [-0.39, 0.29) is 29.8 Å². The average Bonchev–Trinajstić information content (AvgIpc) is 2.96. The van der Waals surface area contributed by atoms with Gasteiger partial charge in [-0.05, 0) is 38.1 Å². The minimum atomic E-state index is -4.73. The number of nitrogens with one attached hydrogen (secondary N) is 1. The number of hydrogen-bond donors (Lipinski definition) is 2. The molecule has 0 atom stereocenters. The van der Waals surface area contributed by atoms with Crippen LogP contribution in [-0.4, -0.2) is 38.6 Å². The van der Waals surface area contributed by atoms with Crippen LogP contribution < -0.4 is 10.3 Å². The summed E-state index contributed by atoms with van der Waals surface area (Å²) >= 11 is 0. The van der Waals surface area contributed by atoms with Crippen LogP contribution in [0.3, 0.4) is 0 Å². The standard InChI is InChI=1S/C19H19F3N4O3/c1-10-15(12-4-6-13(29-3)7-5-12)23-18(24-16(10)19(20,21)22)26-17(28)14(8-9-27)11(2)25-26/h4-7,25,27H,8-9H2,1-3H3. The average molecular weight is 408 g/mol. The van der Waals surface area contributed by atoms with Crippen molar-refractivity contribution in [2.45, 2.75) is 26.4 Å². The zero-order chi connectivity index (χ0) is 21.3. The molecule has 2 heterocycles. The summed E-state index contributed by atoms with van der Waals surface area (Å²) in [5, 5.41) is 11.8. The second-order valence-corrected chi connectivity index (χ2v) is 6.40. The van der Waals surface area contributed by atoms with E-state index in [2.05, 4.69) is 15.1 Å². The molecule has 2 aromatic heterocycles. The lowest BCUT2D eigenvalue weighted by Gasteiger charge is -2.15. The topological polar surface area (TPSA) is 93.0 Å². The largest absolute Gasteiger partial charge is 0.497 e. The van der Waals surface area contributed by atoms with Gasteiger partial charge in [0.05, 0.1) is 12.8 Å². The molecule has 0 saturated carbocycles. The van der Waals surface area contributed by atoms with Gasteiger partial charge in [0.25, 0.3) is 11.5 Å². The molecule has 0 saturated heterocycles. The van der Waals surface area contributed by atoms with Crippen LogP contribution in [0, 0.1) is 13.8 Å². The van der Waals surface area contributed by atoms with Crippen molar-refractivity contribution in [3.05, 3.63) is 57.1 Å². The Hall–Kier alpha value is -3.14. The van der Waals surface area contributed by atoms with E-state index >= 15 is 0 Å². The molecule has 0 aliphatic carbocycles. The fourth-order valence-electron chi connectivity index (χ4n) is 3.04. The minimum absolute atomic E-state index is 0.0489. The third-order valence-corrected chi connectivity index (χ3v) is 4.52. The van der Waals surface area contributed by atoms with Crippen molar-refractivity contribution in [3.63, 3.8) is 0 Å². The number of aromatic amines is 1. The molecule has 0 radical (unpaired) electrons. The first-order valence-corrected chi connectivity index (χ1v) is 8.69. The van der Waals surface area contributed by atoms with Crippen molar-refractivity contribution in [2.75, 3.05) is 13.7 Å². The lowest BCUT2D eigenvalue weighted by Crippen LogP contribution is -2.23. The molecule has 0 aliphatic rings. The maximum atomic E-state index is 13.6. The van der Waals surface area contributed by atoms with E-state index in [4.69, 9.17) is 9.84 Å². The number of aliphatic hydroxyl groups is 1. The van der Waals surface area contributed by atoms with Gasteiger partial charge in [0.1, 0.15) is 5.75 Å². The molecule has 0 fully saturated rings. The summed E-state index contributed by atoms with van der Waals surface area (Å²) in [6.07, 6.45) is -4.67. The number of H-pyrrole nitrogens is 1. The van der Waals surface area contributed by atoms with Crippen LogP contribution in [0.2, 0.25) is 0 Å². The zero-order valence-electron chi connectivity index (χ0n) is 16.0. The number of hydrogen-bond acceptors (Lipinski definition) is 5. The first-order chi connectivity index (χ1) is 13.7. The number of aryl methyl sites for hydroxylation is 1. The lowest BCUT2D eigenvalue weighted by molar-refractivity contribution is -0.141. The Morgan fingerprint density at radius 3 is 2.38 bits per heavy atom. The molecular weight excluding hydrogens is 389 g/mol. The SMILES string of the molecule is COc1ccc(-c2nc(-n3[nH]c(C)c(CCO)c3=O)nc(C(F)(F)F)c2C)cc1. The van der Waals surface area contributed by atoms with Crippen LogP contribution >= 0.6 is 0 Å². The predicted molar refractivity (Wildman–Crippen MR) is 99.2 cm³/mol. The summed E-state index contributed by atoms with van der Waals surface area (Å²) in [5.41, 5.74) is -0.732. The normalized spacial score (nSPS) is 11.7. The molecule has 3 rings (SSSR count). The molecule has 29 heavy (non-hydrogen) atoms. The third kappa shape index (κ3) is 3.88. The summed E-state index contributed by atoms with van der Waals surface area (Å²) < 4.78 is 46.8. The quantitative estimate of drug-likeness (QED) is 0.677. The van der Waals surface area contributed by atoms with Crippen LogP contribution in [0.25, 0.3) is 17.2 Å². The summed E-state index contributed by atoms with van der Waals surface area (Å²) in [6.45, 7) is 2.60. The minimum Gasteiger partial charge on any atom is -0.497 e. The molecule has 0 unspecified atom stereocenters. The lowest BCUT2D eigenvalue weighted by atomic mass is 10.1. The summed E-state index contributed by atoms with van der Waals surface area (Å²) in [4.78, 5) is 20.5. The number of nitrogens with zero attached hydrogens (tertiary/aromatic N) is 3. The highest BCUT2D eigenvalue weighted by Gasteiger charge is 2.37. The van der Waals surface area contributed by atoms with Gasteiger partial charge in [0.2, 0.25) is 0 Å². The Morgan fingerprint density at radius 2 is 1.83 bits per heavy atom. The molecule has 2 N–H and O–H groups in total. The number of halogens is 3. The van der Waals surface area contributed by atoms with Crippen LogP contribution in [0.4, 0.5) is 13.2 Å². The van der Waals surface area contributed by atoms with E-state index in [1.165, 1.54) is 14.0 Å². The molecule has 0 aliphatic heterocycles. The molecule has 10 heteroatoms. The van der Waals surface area contributed by atoms with Gasteiger partial charge in [-0.2, -0.15) is 17.9 Å². The second-order valence-electron chi connectivity index (χ2n) is 6.40. The van der Waals surface area contributed by atoms with Crippen molar-refractivity contribution >= 4 is 0 Å². The van der Waals surface area contributed by atoms with Crippen LogP contribution in [0.1, 0.15) is 22.5 Å². The molecular formula is C19H19F3N4O3. The predicted octanol–water partition coefficient (Wildman–Crippen LogP) is 2.80. The van der Waals surface area contributed by atoms with Gasteiger partial charge in [0, 0.05) is 35.4 Å². The van der Waals surface area contributed by atoms with Gasteiger partial charge in [-0.25, -0.2) is 9.97 Å². The Labute approximate surface area is 163 Å². The highest BCUT2D eigenvalue weighted by Crippen LogP contribution is 2.35. The summed E-state index contributed by atoms with van der Waals surface area (Å²) in [6, 6.07) is 6.37. The first kappa shape index (κ1) is 20.6. The number of methoxy groups -OCH3 is 1. The van der Waals surface area contributed by atoms with E-state index in [1.54, 1.807) is 31.2 Å². The summed E-state index contributed by atoms with van der Waals surface area (Å²) in [5.74, 6) is 0.118. The van der Waals surface area contributed by atoms with Crippen LogP contribution in [0.15, 0.2) is 29.1 Å². The first-order valence-electron chi connectivity index (χ1n) is 8.69. The molecule has 3 aromatic rings. The van der Waals surface area contributed by atoms with Crippen molar-refractivity contribution in [1.82, 2.24) is 19.7 Å². The maximum absolute atomic E-state index is 13.6. The Kier molecular flexibility index (Phi) is 5.47. The number of ether oxygens (including phenoxy) is 1. The van der Waals surface area contributed by atoms with Gasteiger partial charge >= 0.3 is 6.18 Å². The van der Waals surface area contributed by atoms with Crippen molar-refractivity contribution in [1.29, 1.82) is 0 Å². The van der Waals surface area contributed by atoms with Crippen LogP contribution in [-0.2, 0) is 12.6 Å². The Balaban J connectivity index is 2.26. The molecule has 154 valence electrons. The van der Waals surface area contributed by atoms with Crippen molar-refractivity contribution < 1.29 is 23.0 Å². The van der Waals surface area contributed by atoms with Crippen molar-refractivity contribution in [2.24, 2.45) is 0 Å². The van der Waals surface area contributed by atoms with Gasteiger partial charge in [0.15, 0.2) is 5.69 Å². The van der Waals surface area contributed by atoms with Gasteiger partial charge in [-0.1, -0.05) is 0 Å². The van der Waals surface area contributed by atoms with E-state index in [0.717, 1.165) is 4.68 Å². The van der Waals surface area contributed by atoms with E-state index < -0.39 is 23.4 Å². The van der Waals surface area contributed by atoms with Gasteiger partial charge < -0.3 is 9.84 Å². The Bertz CT molecular complexity index is 1090. The number of benzene rings is 1. The monoisotopic (exact) mass is 408 g/mol. The summed E-state index contributed by atoms with van der Waals surface area (Å²) in [7, 11) is 1.48. The highest BCUT2D eigenvalue weighted by atomic mass is 19.4. The van der Waals surface area contributed by atoms with E-state index in [9.17, 15) is 18.0 Å². The van der Waals surface area contributed by atoms with Gasteiger partial charge in [-0.3, -0.25) is 9.89 Å². The number of aliphatic hydroxyl groups excluding tert-OH is 1. The number of alkyl halides is 3. The maximum Gasteiger partial charge on any atom is 0.433 e. The smallest absolute Gasteiger partial charge is 0.433 e. The van der Waals surface area contributed by atoms with Crippen LogP contribution in [0.5, 0.6) is 5.75 Å². The molecule has 1 aromatic carbocycles. The molecule has 0 amide bonds. The van der Waals surface area contributed by atoms with E-state index in [0.29, 0.717) is 17.0 Å². The van der Waals surface area contributed by atoms with Crippen molar-refractivity contribution in [3.8, 4) is 23.0 Å². The number of rotatable bonds is 5. The molecule has 0 spiro atoms. The zero-order valence-corrected chi connectivity index (χ0v) is 16.0. The third-order valence-electron chi connectivity index (χ3n) is 4.52. The highest BCUT2D eigenvalue weighted by molar-refractivity contribution is 5.65. The fraction of sp³-hybridized carbons (Fsp3) is 0.316. The second kappa shape index (κ2) is 7.70. The molecule has 0 bridgehead atoms. The van der Waals surface area contributed by atoms with E-state index in [1.807, 2.05) is 0 Å². The molecule has 7 nitrogen and oxygen atoms in total. The number of aromatic nitrogens is 4. The Morgan fingerprint density at radius 1 is 1.17 bits per heavy atom. The van der Waals surface area contributed by atoms with Gasteiger partial charge in [-0.15, -0.1) is 0 Å².